The first-order valence-electron chi connectivity index (χ1n) is 6.11. The van der Waals surface area contributed by atoms with Crippen molar-refractivity contribution < 1.29 is 5.11 Å². The molecule has 0 aromatic carbocycles. The first-order chi connectivity index (χ1) is 8.08. The second-order valence-corrected chi connectivity index (χ2v) is 4.78. The molecule has 0 saturated heterocycles. The second-order valence-electron chi connectivity index (χ2n) is 4.78. The molecule has 0 aliphatic heterocycles. The van der Waals surface area contributed by atoms with Gasteiger partial charge in [0.05, 0.1) is 6.10 Å². The van der Waals surface area contributed by atoms with E-state index in [1.54, 1.807) is 6.20 Å². The Morgan fingerprint density at radius 3 is 2.82 bits per heavy atom. The number of aliphatic hydroxyl groups excluding tert-OH is 1. The summed E-state index contributed by atoms with van der Waals surface area (Å²) in [7, 11) is 3.93. The molecule has 0 aliphatic carbocycles. The van der Waals surface area contributed by atoms with E-state index in [-0.39, 0.29) is 6.10 Å². The van der Waals surface area contributed by atoms with E-state index >= 15 is 0 Å². The van der Waals surface area contributed by atoms with Crippen molar-refractivity contribution in [2.75, 3.05) is 27.2 Å². The molecule has 5 heteroatoms. The number of hydrogen-bond donors (Lipinski definition) is 2. The zero-order chi connectivity index (χ0) is 12.7. The van der Waals surface area contributed by atoms with Crippen molar-refractivity contribution in [1.82, 2.24) is 20.0 Å². The zero-order valence-corrected chi connectivity index (χ0v) is 11.0. The minimum atomic E-state index is -0.308. The van der Waals surface area contributed by atoms with Crippen LogP contribution in [0.1, 0.15) is 13.3 Å². The largest absolute Gasteiger partial charge is 0.390 e. The van der Waals surface area contributed by atoms with Crippen molar-refractivity contribution in [2.45, 2.75) is 32.0 Å². The molecule has 0 fully saturated rings. The number of aromatic nitrogens is 2. The van der Waals surface area contributed by atoms with Gasteiger partial charge in [0, 0.05) is 38.1 Å². The second kappa shape index (κ2) is 7.42. The lowest BCUT2D eigenvalue weighted by Gasteiger charge is -2.19. The number of nitrogens with zero attached hydrogens (tertiary/aromatic N) is 3. The van der Waals surface area contributed by atoms with Gasteiger partial charge >= 0.3 is 0 Å². The van der Waals surface area contributed by atoms with Gasteiger partial charge in [-0.1, -0.05) is 0 Å². The third kappa shape index (κ3) is 6.41. The van der Waals surface area contributed by atoms with Crippen LogP contribution in [0.5, 0.6) is 0 Å². The Balaban J connectivity index is 2.10. The molecule has 0 saturated carbocycles. The monoisotopic (exact) mass is 240 g/mol. The number of rotatable bonds is 8. The molecule has 0 amide bonds. The quantitative estimate of drug-likeness (QED) is 0.680. The molecular formula is C12H24N4O. The maximum Gasteiger partial charge on any atom is 0.0791 e. The Hall–Kier alpha value is -0.910. The lowest BCUT2D eigenvalue weighted by Crippen LogP contribution is -2.39. The smallest absolute Gasteiger partial charge is 0.0791 e. The Bertz CT molecular complexity index is 287. The standard InChI is InChI=1S/C12H24N4O/c1-11(5-8-16-7-4-6-14-16)13-9-12(17)10-15(2)3/h4,6-7,11-13,17H,5,8-10H2,1-3H3. The van der Waals surface area contributed by atoms with Gasteiger partial charge in [0.25, 0.3) is 0 Å². The third-order valence-corrected chi connectivity index (χ3v) is 2.63. The summed E-state index contributed by atoms with van der Waals surface area (Å²) in [4.78, 5) is 1.99. The van der Waals surface area contributed by atoms with Crippen LogP contribution in [0.4, 0.5) is 0 Å². The van der Waals surface area contributed by atoms with Crippen LogP contribution in [0.15, 0.2) is 18.5 Å². The van der Waals surface area contributed by atoms with Gasteiger partial charge < -0.3 is 15.3 Å². The lowest BCUT2D eigenvalue weighted by atomic mass is 10.2. The highest BCUT2D eigenvalue weighted by molar-refractivity contribution is 4.78. The molecule has 0 aliphatic rings. The molecule has 1 rings (SSSR count). The van der Waals surface area contributed by atoms with E-state index in [9.17, 15) is 5.11 Å². The first-order valence-corrected chi connectivity index (χ1v) is 6.11. The van der Waals surface area contributed by atoms with Crippen molar-refractivity contribution in [1.29, 1.82) is 0 Å². The summed E-state index contributed by atoms with van der Waals surface area (Å²) in [5.41, 5.74) is 0. The van der Waals surface area contributed by atoms with Crippen molar-refractivity contribution in [3.8, 4) is 0 Å². The van der Waals surface area contributed by atoms with Gasteiger partial charge in [0.2, 0.25) is 0 Å². The summed E-state index contributed by atoms with van der Waals surface area (Å²) in [6.45, 7) is 4.37. The van der Waals surface area contributed by atoms with E-state index in [2.05, 4.69) is 17.3 Å². The highest BCUT2D eigenvalue weighted by Gasteiger charge is 2.08. The molecule has 1 aromatic heterocycles. The number of nitrogens with one attached hydrogen (secondary N) is 1. The van der Waals surface area contributed by atoms with Gasteiger partial charge in [-0.3, -0.25) is 4.68 Å². The Morgan fingerprint density at radius 1 is 1.47 bits per heavy atom. The van der Waals surface area contributed by atoms with Gasteiger partial charge in [-0.05, 0) is 33.5 Å². The number of likely N-dealkylation sites (N-methyl/N-ethyl adjacent to an activating group) is 1. The van der Waals surface area contributed by atoms with Crippen LogP contribution in [-0.4, -0.2) is 59.1 Å². The summed E-state index contributed by atoms with van der Waals surface area (Å²) in [5.74, 6) is 0. The average Bonchev–Trinajstić information content (AvgIpc) is 2.75. The highest BCUT2D eigenvalue weighted by Crippen LogP contribution is 1.96. The fraction of sp³-hybridized carbons (Fsp3) is 0.750. The molecule has 1 aromatic rings. The summed E-state index contributed by atoms with van der Waals surface area (Å²) in [5, 5.41) is 17.2. The molecule has 0 radical (unpaired) electrons. The highest BCUT2D eigenvalue weighted by atomic mass is 16.3. The number of aryl methyl sites for hydroxylation is 1. The van der Waals surface area contributed by atoms with Gasteiger partial charge in [-0.15, -0.1) is 0 Å². The van der Waals surface area contributed by atoms with Crippen molar-refractivity contribution in [3.05, 3.63) is 18.5 Å². The fourth-order valence-electron chi connectivity index (χ4n) is 1.68. The molecule has 1 heterocycles. The van der Waals surface area contributed by atoms with Crippen molar-refractivity contribution in [2.24, 2.45) is 0 Å². The maximum absolute atomic E-state index is 9.70. The molecule has 2 atom stereocenters. The van der Waals surface area contributed by atoms with E-state index in [1.807, 2.05) is 35.9 Å². The van der Waals surface area contributed by atoms with Gasteiger partial charge in [0.1, 0.15) is 0 Å². The summed E-state index contributed by atoms with van der Waals surface area (Å²) in [6, 6.07) is 2.31. The van der Waals surface area contributed by atoms with E-state index in [0.717, 1.165) is 13.0 Å². The molecule has 5 nitrogen and oxygen atoms in total. The van der Waals surface area contributed by atoms with E-state index in [4.69, 9.17) is 0 Å². The molecule has 2 N–H and O–H groups in total. The van der Waals surface area contributed by atoms with Crippen LogP contribution in [0, 0.1) is 0 Å². The van der Waals surface area contributed by atoms with Crippen molar-refractivity contribution in [3.63, 3.8) is 0 Å². The topological polar surface area (TPSA) is 53.3 Å². The summed E-state index contributed by atoms with van der Waals surface area (Å²) >= 11 is 0. The molecule has 17 heavy (non-hydrogen) atoms. The predicted molar refractivity (Wildman–Crippen MR) is 68.9 cm³/mol. The Kier molecular flexibility index (Phi) is 6.18. The average molecular weight is 240 g/mol. The summed E-state index contributed by atoms with van der Waals surface area (Å²) in [6.07, 6.45) is 4.46. The Morgan fingerprint density at radius 2 is 2.24 bits per heavy atom. The molecule has 0 bridgehead atoms. The Labute approximate surface area is 103 Å². The van der Waals surface area contributed by atoms with Gasteiger partial charge in [-0.2, -0.15) is 5.10 Å². The van der Waals surface area contributed by atoms with Crippen LogP contribution < -0.4 is 5.32 Å². The van der Waals surface area contributed by atoms with Gasteiger partial charge in [0.15, 0.2) is 0 Å². The van der Waals surface area contributed by atoms with Crippen LogP contribution >= 0.6 is 0 Å². The molecule has 2 unspecified atom stereocenters. The maximum atomic E-state index is 9.70. The number of hydrogen-bond acceptors (Lipinski definition) is 4. The van der Waals surface area contributed by atoms with Gasteiger partial charge in [-0.25, -0.2) is 0 Å². The normalized spacial score (nSPS) is 15.1. The van der Waals surface area contributed by atoms with E-state index < -0.39 is 0 Å². The minimum absolute atomic E-state index is 0.308. The van der Waals surface area contributed by atoms with Crippen LogP contribution in [-0.2, 0) is 6.54 Å². The van der Waals surface area contributed by atoms with Crippen LogP contribution in [0.25, 0.3) is 0 Å². The minimum Gasteiger partial charge on any atom is -0.390 e. The third-order valence-electron chi connectivity index (χ3n) is 2.63. The van der Waals surface area contributed by atoms with Crippen molar-refractivity contribution >= 4 is 0 Å². The molecule has 98 valence electrons. The zero-order valence-electron chi connectivity index (χ0n) is 11.0. The SMILES string of the molecule is CC(CCn1cccn1)NCC(O)CN(C)C. The lowest BCUT2D eigenvalue weighted by molar-refractivity contribution is 0.131. The number of aliphatic hydroxyl groups is 1. The summed E-state index contributed by atoms with van der Waals surface area (Å²) < 4.78 is 1.93. The molecule has 0 spiro atoms. The first kappa shape index (κ1) is 14.2. The fourth-order valence-corrected chi connectivity index (χ4v) is 1.68. The van der Waals surface area contributed by atoms with E-state index in [1.165, 1.54) is 0 Å². The van der Waals surface area contributed by atoms with E-state index in [0.29, 0.717) is 19.1 Å². The predicted octanol–water partition coefficient (Wildman–Crippen LogP) is 0.174. The van der Waals surface area contributed by atoms with Crippen LogP contribution in [0.2, 0.25) is 0 Å². The van der Waals surface area contributed by atoms with Crippen LogP contribution in [0.3, 0.4) is 0 Å². The molecular weight excluding hydrogens is 216 g/mol.